The van der Waals surface area contributed by atoms with Gasteiger partial charge in [-0.15, -0.1) is 0 Å². The van der Waals surface area contributed by atoms with Gasteiger partial charge >= 0.3 is 0 Å². The fourth-order valence-electron chi connectivity index (χ4n) is 1.65. The molecule has 0 aliphatic rings. The van der Waals surface area contributed by atoms with E-state index in [0.717, 1.165) is 21.2 Å². The van der Waals surface area contributed by atoms with E-state index in [2.05, 4.69) is 15.9 Å². The normalized spacial score (nSPS) is 12.5. The van der Waals surface area contributed by atoms with E-state index < -0.39 is 6.10 Å². The minimum Gasteiger partial charge on any atom is -0.384 e. The summed E-state index contributed by atoms with van der Waals surface area (Å²) in [5, 5.41) is 10.9. The molecule has 1 atom stereocenters. The van der Waals surface area contributed by atoms with E-state index in [4.69, 9.17) is 11.6 Å². The van der Waals surface area contributed by atoms with Gasteiger partial charge in [0, 0.05) is 9.50 Å². The summed E-state index contributed by atoms with van der Waals surface area (Å²) in [5.74, 6) is 0. The van der Waals surface area contributed by atoms with Crippen LogP contribution in [0.1, 0.15) is 22.8 Å². The second-order valence-corrected chi connectivity index (χ2v) is 5.26. The van der Waals surface area contributed by atoms with Crippen LogP contribution in [0.2, 0.25) is 5.02 Å². The Morgan fingerprint density at radius 2 is 1.82 bits per heavy atom. The third kappa shape index (κ3) is 2.89. The fourth-order valence-corrected chi connectivity index (χ4v) is 2.24. The van der Waals surface area contributed by atoms with Crippen LogP contribution in [0.15, 0.2) is 46.9 Å². The summed E-state index contributed by atoms with van der Waals surface area (Å²) in [6, 6.07) is 13.1. The highest BCUT2D eigenvalue weighted by Gasteiger charge is 2.11. The first-order chi connectivity index (χ1) is 8.08. The molecule has 3 heteroatoms. The monoisotopic (exact) mass is 310 g/mol. The molecule has 2 aromatic rings. The van der Waals surface area contributed by atoms with Crippen LogP contribution < -0.4 is 0 Å². The molecule has 1 nitrogen and oxygen atoms in total. The van der Waals surface area contributed by atoms with Crippen molar-refractivity contribution in [3.05, 3.63) is 68.7 Å². The lowest BCUT2D eigenvalue weighted by molar-refractivity contribution is 0.220. The minimum atomic E-state index is -0.648. The Labute approximate surface area is 114 Å². The molecule has 1 unspecified atom stereocenters. The van der Waals surface area contributed by atoms with Crippen LogP contribution in [0.25, 0.3) is 0 Å². The smallest absolute Gasteiger partial charge is 0.104 e. The molecule has 0 saturated heterocycles. The first kappa shape index (κ1) is 12.6. The Balaban J connectivity index is 2.36. The van der Waals surface area contributed by atoms with Gasteiger partial charge in [-0.2, -0.15) is 0 Å². The highest BCUT2D eigenvalue weighted by Crippen LogP contribution is 2.27. The Kier molecular flexibility index (Phi) is 3.87. The van der Waals surface area contributed by atoms with Crippen LogP contribution in [0.3, 0.4) is 0 Å². The lowest BCUT2D eigenvalue weighted by Crippen LogP contribution is -1.99. The predicted octanol–water partition coefficient (Wildman–Crippen LogP) is 4.49. The van der Waals surface area contributed by atoms with E-state index in [1.54, 1.807) is 12.1 Å². The molecule has 1 N–H and O–H groups in total. The molecule has 2 aromatic carbocycles. The van der Waals surface area contributed by atoms with Gasteiger partial charge in [0.1, 0.15) is 6.10 Å². The first-order valence-corrected chi connectivity index (χ1v) is 6.44. The van der Waals surface area contributed by atoms with E-state index in [1.807, 2.05) is 37.3 Å². The molecule has 0 saturated carbocycles. The zero-order valence-electron chi connectivity index (χ0n) is 9.32. The number of aliphatic hydroxyl groups excluding tert-OH is 1. The van der Waals surface area contributed by atoms with Crippen molar-refractivity contribution in [2.75, 3.05) is 0 Å². The van der Waals surface area contributed by atoms with Crippen molar-refractivity contribution >= 4 is 27.5 Å². The van der Waals surface area contributed by atoms with E-state index in [9.17, 15) is 5.11 Å². The molecule has 0 aliphatic carbocycles. The lowest BCUT2D eigenvalue weighted by atomic mass is 10.0. The molecular formula is C14H12BrClO. The topological polar surface area (TPSA) is 20.2 Å². The van der Waals surface area contributed by atoms with Gasteiger partial charge in [-0.05, 0) is 41.8 Å². The van der Waals surface area contributed by atoms with Crippen molar-refractivity contribution in [1.29, 1.82) is 0 Å². The van der Waals surface area contributed by atoms with E-state index in [0.29, 0.717) is 5.02 Å². The van der Waals surface area contributed by atoms with Crippen molar-refractivity contribution in [2.24, 2.45) is 0 Å². The third-order valence-electron chi connectivity index (χ3n) is 2.68. The van der Waals surface area contributed by atoms with Crippen LogP contribution >= 0.6 is 27.5 Å². The number of benzene rings is 2. The molecule has 0 radical (unpaired) electrons. The lowest BCUT2D eigenvalue weighted by Gasteiger charge is -2.13. The maximum absolute atomic E-state index is 10.3. The zero-order chi connectivity index (χ0) is 12.4. The van der Waals surface area contributed by atoms with Crippen LogP contribution in [0.4, 0.5) is 0 Å². The number of hydrogen-bond acceptors (Lipinski definition) is 1. The van der Waals surface area contributed by atoms with E-state index >= 15 is 0 Å². The average Bonchev–Trinajstić information content (AvgIpc) is 2.32. The minimum absolute atomic E-state index is 0.632. The van der Waals surface area contributed by atoms with Gasteiger partial charge in [-0.1, -0.05) is 51.8 Å². The van der Waals surface area contributed by atoms with Gasteiger partial charge in [-0.25, -0.2) is 0 Å². The molecule has 0 bridgehead atoms. The SMILES string of the molecule is Cc1ccc(C(O)c2cccc(Cl)c2)cc1Br. The van der Waals surface area contributed by atoms with Gasteiger partial charge in [0.05, 0.1) is 0 Å². The summed E-state index contributed by atoms with van der Waals surface area (Å²) < 4.78 is 0.996. The van der Waals surface area contributed by atoms with Crippen molar-refractivity contribution in [3.63, 3.8) is 0 Å². The summed E-state index contributed by atoms with van der Waals surface area (Å²) in [4.78, 5) is 0. The third-order valence-corrected chi connectivity index (χ3v) is 3.77. The highest BCUT2D eigenvalue weighted by atomic mass is 79.9. The van der Waals surface area contributed by atoms with Gasteiger partial charge in [-0.3, -0.25) is 0 Å². The largest absolute Gasteiger partial charge is 0.384 e. The summed E-state index contributed by atoms with van der Waals surface area (Å²) in [6.45, 7) is 2.01. The van der Waals surface area contributed by atoms with E-state index in [-0.39, 0.29) is 0 Å². The average molecular weight is 312 g/mol. The Bertz CT molecular complexity index is 539. The van der Waals surface area contributed by atoms with E-state index in [1.165, 1.54) is 0 Å². The zero-order valence-corrected chi connectivity index (χ0v) is 11.7. The number of hydrogen-bond donors (Lipinski definition) is 1. The second-order valence-electron chi connectivity index (χ2n) is 3.97. The Hall–Kier alpha value is -0.830. The number of aliphatic hydroxyl groups is 1. The maximum Gasteiger partial charge on any atom is 0.104 e. The standard InChI is InChI=1S/C14H12BrClO/c1-9-5-6-11(8-13(9)15)14(17)10-3-2-4-12(16)7-10/h2-8,14,17H,1H3. The Morgan fingerprint density at radius 3 is 2.47 bits per heavy atom. The summed E-state index contributed by atoms with van der Waals surface area (Å²) in [6.07, 6.45) is -0.648. The van der Waals surface area contributed by atoms with Gasteiger partial charge in [0.2, 0.25) is 0 Å². The highest BCUT2D eigenvalue weighted by molar-refractivity contribution is 9.10. The fraction of sp³-hybridized carbons (Fsp3) is 0.143. The predicted molar refractivity (Wildman–Crippen MR) is 74.4 cm³/mol. The molecule has 2 rings (SSSR count). The number of halogens is 2. The van der Waals surface area contributed by atoms with Gasteiger partial charge in [0.15, 0.2) is 0 Å². The number of aryl methyl sites for hydroxylation is 1. The number of rotatable bonds is 2. The quantitative estimate of drug-likeness (QED) is 0.866. The van der Waals surface area contributed by atoms with Crippen LogP contribution in [-0.2, 0) is 0 Å². The maximum atomic E-state index is 10.3. The Morgan fingerprint density at radius 1 is 1.12 bits per heavy atom. The molecular weight excluding hydrogens is 300 g/mol. The van der Waals surface area contributed by atoms with Gasteiger partial charge < -0.3 is 5.11 Å². The molecule has 0 aliphatic heterocycles. The molecule has 0 amide bonds. The molecule has 0 aromatic heterocycles. The molecule has 88 valence electrons. The molecule has 0 heterocycles. The van der Waals surface area contributed by atoms with Crippen LogP contribution in [-0.4, -0.2) is 5.11 Å². The molecule has 0 fully saturated rings. The van der Waals surface area contributed by atoms with Crippen LogP contribution in [0.5, 0.6) is 0 Å². The molecule has 0 spiro atoms. The van der Waals surface area contributed by atoms with Gasteiger partial charge in [0.25, 0.3) is 0 Å². The first-order valence-electron chi connectivity index (χ1n) is 5.27. The van der Waals surface area contributed by atoms with Crippen molar-refractivity contribution in [2.45, 2.75) is 13.0 Å². The van der Waals surface area contributed by atoms with Crippen molar-refractivity contribution < 1.29 is 5.11 Å². The molecule has 17 heavy (non-hydrogen) atoms. The second kappa shape index (κ2) is 5.21. The summed E-state index contributed by atoms with van der Waals surface area (Å²) in [5.41, 5.74) is 2.80. The van der Waals surface area contributed by atoms with Crippen molar-refractivity contribution in [3.8, 4) is 0 Å². The van der Waals surface area contributed by atoms with Crippen LogP contribution in [0, 0.1) is 6.92 Å². The van der Waals surface area contributed by atoms with Crippen molar-refractivity contribution in [1.82, 2.24) is 0 Å². The summed E-state index contributed by atoms with van der Waals surface area (Å²) >= 11 is 9.38. The summed E-state index contributed by atoms with van der Waals surface area (Å²) in [7, 11) is 0.